The molecule has 0 atom stereocenters. The first kappa shape index (κ1) is 20.2. The van der Waals surface area contributed by atoms with Gasteiger partial charge in [-0.25, -0.2) is 0 Å². The van der Waals surface area contributed by atoms with Gasteiger partial charge < -0.3 is 25.0 Å². The fraction of sp³-hybridized carbons (Fsp3) is 0.286. The van der Waals surface area contributed by atoms with Crippen molar-refractivity contribution >= 4 is 23.1 Å². The van der Waals surface area contributed by atoms with E-state index in [9.17, 15) is 0 Å². The molecule has 2 N–H and O–H groups in total. The first-order chi connectivity index (χ1) is 14.1. The Bertz CT molecular complexity index is 931. The minimum absolute atomic E-state index is 0.443. The van der Waals surface area contributed by atoms with E-state index in [-0.39, 0.29) is 0 Å². The van der Waals surface area contributed by atoms with Gasteiger partial charge in [0.2, 0.25) is 5.95 Å². The number of hydrogen-bond acceptors (Lipinski definition) is 8. The third-order valence-electron chi connectivity index (χ3n) is 4.37. The molecular formula is C21H26N6O2. The quantitative estimate of drug-likeness (QED) is 0.572. The third-order valence-corrected chi connectivity index (χ3v) is 4.37. The predicted molar refractivity (Wildman–Crippen MR) is 116 cm³/mol. The molecule has 3 rings (SSSR count). The highest BCUT2D eigenvalue weighted by Gasteiger charge is 2.06. The van der Waals surface area contributed by atoms with E-state index in [4.69, 9.17) is 9.47 Å². The number of nitrogens with one attached hydrogen (secondary N) is 2. The fourth-order valence-electron chi connectivity index (χ4n) is 2.78. The van der Waals surface area contributed by atoms with Crippen LogP contribution in [0.1, 0.15) is 5.56 Å². The Morgan fingerprint density at radius 2 is 1.72 bits per heavy atom. The Kier molecular flexibility index (Phi) is 6.67. The van der Waals surface area contributed by atoms with E-state index in [0.717, 1.165) is 34.9 Å². The molecule has 1 aromatic heterocycles. The number of rotatable bonds is 9. The third kappa shape index (κ3) is 5.47. The molecule has 0 fully saturated rings. The average Bonchev–Trinajstić information content (AvgIpc) is 2.74. The van der Waals surface area contributed by atoms with Crippen molar-refractivity contribution in [3.8, 4) is 11.5 Å². The zero-order valence-corrected chi connectivity index (χ0v) is 17.1. The molecule has 0 aliphatic heterocycles. The van der Waals surface area contributed by atoms with Gasteiger partial charge in [-0.3, -0.25) is 0 Å². The van der Waals surface area contributed by atoms with Crippen LogP contribution in [0.25, 0.3) is 0 Å². The van der Waals surface area contributed by atoms with Crippen molar-refractivity contribution in [3.05, 3.63) is 54.2 Å². The Balaban J connectivity index is 1.57. The van der Waals surface area contributed by atoms with Crippen LogP contribution in [0.2, 0.25) is 0 Å². The lowest BCUT2D eigenvalue weighted by atomic mass is 10.1. The zero-order valence-electron chi connectivity index (χ0n) is 17.1. The van der Waals surface area contributed by atoms with E-state index < -0.39 is 0 Å². The molecule has 0 radical (unpaired) electrons. The minimum atomic E-state index is 0.443. The number of anilines is 4. The maximum atomic E-state index is 5.35. The summed E-state index contributed by atoms with van der Waals surface area (Å²) in [4.78, 5) is 6.51. The molecule has 1 heterocycles. The van der Waals surface area contributed by atoms with Crippen LogP contribution in [0.5, 0.6) is 11.5 Å². The number of benzene rings is 2. The van der Waals surface area contributed by atoms with Gasteiger partial charge in [-0.05, 0) is 48.4 Å². The van der Waals surface area contributed by atoms with Gasteiger partial charge in [0.05, 0.1) is 20.4 Å². The Morgan fingerprint density at radius 1 is 0.966 bits per heavy atom. The molecule has 0 amide bonds. The van der Waals surface area contributed by atoms with Crippen LogP contribution in [0.3, 0.4) is 0 Å². The van der Waals surface area contributed by atoms with E-state index >= 15 is 0 Å². The van der Waals surface area contributed by atoms with Crippen LogP contribution in [0.15, 0.2) is 48.7 Å². The molecule has 0 aliphatic carbocycles. The fourth-order valence-corrected chi connectivity index (χ4v) is 2.78. The molecule has 0 aliphatic rings. The standard InChI is InChI=1S/C21H26N6O2/c1-27(2)17-8-6-16(7-9-17)24-21-25-20(14-23-26-21)22-12-11-15-5-10-18(28-3)19(13-15)29-4/h5-10,13-14H,11-12H2,1-4H3,(H2,22,24,25,26). The first-order valence-electron chi connectivity index (χ1n) is 9.28. The lowest BCUT2D eigenvalue weighted by Crippen LogP contribution is -2.09. The molecule has 8 heteroatoms. The molecule has 8 nitrogen and oxygen atoms in total. The lowest BCUT2D eigenvalue weighted by molar-refractivity contribution is 0.354. The topological polar surface area (TPSA) is 84.4 Å². The van der Waals surface area contributed by atoms with E-state index in [1.54, 1.807) is 20.4 Å². The zero-order chi connectivity index (χ0) is 20.6. The normalized spacial score (nSPS) is 10.3. The number of aromatic nitrogens is 3. The van der Waals surface area contributed by atoms with Crippen molar-refractivity contribution in [2.45, 2.75) is 6.42 Å². The van der Waals surface area contributed by atoms with Gasteiger partial charge >= 0.3 is 0 Å². The van der Waals surface area contributed by atoms with Crippen molar-refractivity contribution in [1.82, 2.24) is 15.2 Å². The molecule has 0 saturated heterocycles. The number of hydrogen-bond donors (Lipinski definition) is 2. The first-order valence-corrected chi connectivity index (χ1v) is 9.28. The Morgan fingerprint density at radius 3 is 2.41 bits per heavy atom. The average molecular weight is 394 g/mol. The van der Waals surface area contributed by atoms with E-state index in [1.807, 2.05) is 61.5 Å². The van der Waals surface area contributed by atoms with Crippen molar-refractivity contribution in [1.29, 1.82) is 0 Å². The predicted octanol–water partition coefficient (Wildman–Crippen LogP) is 3.35. The van der Waals surface area contributed by atoms with E-state index in [0.29, 0.717) is 18.3 Å². The van der Waals surface area contributed by atoms with Crippen LogP contribution in [-0.2, 0) is 6.42 Å². The monoisotopic (exact) mass is 394 g/mol. The van der Waals surface area contributed by atoms with Gasteiger partial charge in [-0.2, -0.15) is 10.1 Å². The van der Waals surface area contributed by atoms with Gasteiger partial charge in [0.15, 0.2) is 17.3 Å². The molecule has 0 spiro atoms. The summed E-state index contributed by atoms with van der Waals surface area (Å²) in [6, 6.07) is 13.9. The largest absolute Gasteiger partial charge is 0.493 e. The second-order valence-electron chi connectivity index (χ2n) is 6.60. The maximum Gasteiger partial charge on any atom is 0.249 e. The van der Waals surface area contributed by atoms with Crippen LogP contribution >= 0.6 is 0 Å². The summed E-state index contributed by atoms with van der Waals surface area (Å²) in [7, 11) is 7.28. The highest BCUT2D eigenvalue weighted by atomic mass is 16.5. The van der Waals surface area contributed by atoms with Gasteiger partial charge in [-0.15, -0.1) is 5.10 Å². The van der Waals surface area contributed by atoms with E-state index in [2.05, 4.69) is 25.8 Å². The smallest absolute Gasteiger partial charge is 0.249 e. The van der Waals surface area contributed by atoms with Crippen LogP contribution in [0.4, 0.5) is 23.1 Å². The van der Waals surface area contributed by atoms with Gasteiger partial charge in [0, 0.05) is 32.0 Å². The summed E-state index contributed by atoms with van der Waals surface area (Å²) < 4.78 is 10.6. The van der Waals surface area contributed by atoms with Crippen molar-refractivity contribution < 1.29 is 9.47 Å². The SMILES string of the molecule is COc1ccc(CCNc2cnnc(Nc3ccc(N(C)C)cc3)n2)cc1OC. The Labute approximate surface area is 170 Å². The maximum absolute atomic E-state index is 5.35. The van der Waals surface area contributed by atoms with Gasteiger partial charge in [0.1, 0.15) is 0 Å². The summed E-state index contributed by atoms with van der Waals surface area (Å²) in [5, 5.41) is 14.5. The summed E-state index contributed by atoms with van der Waals surface area (Å²) >= 11 is 0. The number of ether oxygens (including phenoxy) is 2. The van der Waals surface area contributed by atoms with Crippen LogP contribution < -0.4 is 25.0 Å². The second kappa shape index (κ2) is 9.59. The van der Waals surface area contributed by atoms with Crippen LogP contribution in [-0.4, -0.2) is 50.0 Å². The number of methoxy groups -OCH3 is 2. The summed E-state index contributed by atoms with van der Waals surface area (Å²) in [5.74, 6) is 2.55. The molecule has 152 valence electrons. The highest BCUT2D eigenvalue weighted by molar-refractivity contribution is 5.59. The summed E-state index contributed by atoms with van der Waals surface area (Å²) in [5.41, 5.74) is 3.16. The molecule has 2 aromatic carbocycles. The lowest BCUT2D eigenvalue weighted by Gasteiger charge is -2.13. The minimum Gasteiger partial charge on any atom is -0.493 e. The van der Waals surface area contributed by atoms with Crippen molar-refractivity contribution in [2.75, 3.05) is 50.4 Å². The Hall–Kier alpha value is -3.55. The molecule has 0 saturated carbocycles. The molecule has 3 aromatic rings. The summed E-state index contributed by atoms with van der Waals surface area (Å²) in [6.45, 7) is 0.700. The van der Waals surface area contributed by atoms with E-state index in [1.165, 1.54) is 0 Å². The molecule has 0 unspecified atom stereocenters. The van der Waals surface area contributed by atoms with Gasteiger partial charge in [-0.1, -0.05) is 6.07 Å². The van der Waals surface area contributed by atoms with Gasteiger partial charge in [0.25, 0.3) is 0 Å². The molecule has 29 heavy (non-hydrogen) atoms. The highest BCUT2D eigenvalue weighted by Crippen LogP contribution is 2.27. The van der Waals surface area contributed by atoms with Crippen molar-refractivity contribution in [2.24, 2.45) is 0 Å². The number of nitrogens with zero attached hydrogens (tertiary/aromatic N) is 4. The molecule has 0 bridgehead atoms. The van der Waals surface area contributed by atoms with Crippen LogP contribution in [0, 0.1) is 0 Å². The van der Waals surface area contributed by atoms with Crippen molar-refractivity contribution in [3.63, 3.8) is 0 Å². The summed E-state index contributed by atoms with van der Waals surface area (Å²) in [6.07, 6.45) is 2.41. The molecular weight excluding hydrogens is 368 g/mol. The second-order valence-corrected chi connectivity index (χ2v) is 6.60.